The summed E-state index contributed by atoms with van der Waals surface area (Å²) in [5.41, 5.74) is 7.49. The molecule has 0 saturated carbocycles. The monoisotopic (exact) mass is 269 g/mol. The molecule has 3 heteroatoms. The largest absolute Gasteiger partial charge is 0.271 e. The lowest BCUT2D eigenvalue weighted by atomic mass is 9.98. The van der Waals surface area contributed by atoms with E-state index in [1.807, 2.05) is 25.1 Å². The lowest BCUT2D eigenvalue weighted by Crippen LogP contribution is -2.30. The summed E-state index contributed by atoms with van der Waals surface area (Å²) in [4.78, 5) is 4.54. The van der Waals surface area contributed by atoms with E-state index < -0.39 is 0 Å². The normalized spacial score (nSPS) is 12.7. The fraction of sp³-hybridized carbons (Fsp3) is 0.353. The quantitative estimate of drug-likeness (QED) is 0.647. The summed E-state index contributed by atoms with van der Waals surface area (Å²) in [5.74, 6) is 6.25. The summed E-state index contributed by atoms with van der Waals surface area (Å²) in [7, 11) is 0. The zero-order valence-corrected chi connectivity index (χ0v) is 12.4. The average Bonchev–Trinajstić information content (AvgIpc) is 2.45. The van der Waals surface area contributed by atoms with Crippen molar-refractivity contribution < 1.29 is 0 Å². The molecular weight excluding hydrogens is 246 g/mol. The standard InChI is InChI=1S/C17H23N3/c1-12(2)15-9-7-14(8-10-15)11-17(20-18)16-6-4-5-13(3)19-16/h4-10,12,17,20H,11,18H2,1-3H3. The third-order valence-corrected chi connectivity index (χ3v) is 3.55. The predicted octanol–water partition coefficient (Wildman–Crippen LogP) is 3.26. The van der Waals surface area contributed by atoms with Gasteiger partial charge in [-0.1, -0.05) is 44.2 Å². The van der Waals surface area contributed by atoms with Gasteiger partial charge in [-0.15, -0.1) is 0 Å². The van der Waals surface area contributed by atoms with Gasteiger partial charge in [0.05, 0.1) is 11.7 Å². The van der Waals surface area contributed by atoms with Crippen LogP contribution < -0.4 is 11.3 Å². The maximum absolute atomic E-state index is 5.69. The molecule has 0 amide bonds. The molecule has 1 unspecified atom stereocenters. The first-order chi connectivity index (χ1) is 9.60. The van der Waals surface area contributed by atoms with Crippen molar-refractivity contribution in [3.63, 3.8) is 0 Å². The van der Waals surface area contributed by atoms with Gasteiger partial charge in [-0.3, -0.25) is 16.3 Å². The van der Waals surface area contributed by atoms with Crippen LogP contribution in [0.3, 0.4) is 0 Å². The van der Waals surface area contributed by atoms with Crippen molar-refractivity contribution in [3.8, 4) is 0 Å². The van der Waals surface area contributed by atoms with E-state index in [9.17, 15) is 0 Å². The highest BCUT2D eigenvalue weighted by Crippen LogP contribution is 2.19. The Morgan fingerprint density at radius 3 is 2.35 bits per heavy atom. The number of aromatic nitrogens is 1. The molecule has 20 heavy (non-hydrogen) atoms. The van der Waals surface area contributed by atoms with E-state index in [2.05, 4.69) is 48.5 Å². The van der Waals surface area contributed by atoms with E-state index in [-0.39, 0.29) is 6.04 Å². The number of hydrogen-bond donors (Lipinski definition) is 2. The van der Waals surface area contributed by atoms with Gasteiger partial charge in [-0.05, 0) is 42.5 Å². The first-order valence-corrected chi connectivity index (χ1v) is 7.08. The average molecular weight is 269 g/mol. The molecule has 1 aromatic carbocycles. The van der Waals surface area contributed by atoms with Crippen LogP contribution in [0, 0.1) is 6.92 Å². The summed E-state index contributed by atoms with van der Waals surface area (Å²) in [5, 5.41) is 0. The summed E-state index contributed by atoms with van der Waals surface area (Å²) in [6.45, 7) is 6.40. The number of pyridine rings is 1. The summed E-state index contributed by atoms with van der Waals surface area (Å²) >= 11 is 0. The second-order valence-electron chi connectivity index (χ2n) is 5.52. The SMILES string of the molecule is Cc1cccc(C(Cc2ccc(C(C)C)cc2)NN)n1. The molecule has 0 aliphatic rings. The fourth-order valence-electron chi connectivity index (χ4n) is 2.28. The van der Waals surface area contributed by atoms with Gasteiger partial charge in [-0.25, -0.2) is 0 Å². The van der Waals surface area contributed by atoms with Gasteiger partial charge in [0.25, 0.3) is 0 Å². The smallest absolute Gasteiger partial charge is 0.0672 e. The van der Waals surface area contributed by atoms with Gasteiger partial charge < -0.3 is 0 Å². The fourth-order valence-corrected chi connectivity index (χ4v) is 2.28. The molecule has 1 atom stereocenters. The maximum atomic E-state index is 5.69. The predicted molar refractivity (Wildman–Crippen MR) is 83.3 cm³/mol. The first kappa shape index (κ1) is 14.7. The topological polar surface area (TPSA) is 50.9 Å². The lowest BCUT2D eigenvalue weighted by molar-refractivity contribution is 0.537. The van der Waals surface area contributed by atoms with Gasteiger partial charge in [0.2, 0.25) is 0 Å². The molecule has 0 bridgehead atoms. The molecule has 1 aromatic heterocycles. The Bertz CT molecular complexity index is 546. The van der Waals surface area contributed by atoms with Crippen LogP contribution in [0.1, 0.15) is 48.3 Å². The van der Waals surface area contributed by atoms with Crippen LogP contribution in [-0.4, -0.2) is 4.98 Å². The number of nitrogens with zero attached hydrogens (tertiary/aromatic N) is 1. The number of nitrogens with two attached hydrogens (primary N) is 1. The Labute approximate surface area is 121 Å². The van der Waals surface area contributed by atoms with Crippen LogP contribution in [0.4, 0.5) is 0 Å². The minimum absolute atomic E-state index is 0.0415. The van der Waals surface area contributed by atoms with Crippen molar-refractivity contribution in [2.75, 3.05) is 0 Å². The van der Waals surface area contributed by atoms with Crippen molar-refractivity contribution in [2.45, 2.75) is 39.2 Å². The van der Waals surface area contributed by atoms with Crippen LogP contribution in [0.2, 0.25) is 0 Å². The zero-order valence-electron chi connectivity index (χ0n) is 12.4. The molecule has 106 valence electrons. The minimum atomic E-state index is 0.0415. The van der Waals surface area contributed by atoms with Crippen LogP contribution >= 0.6 is 0 Å². The van der Waals surface area contributed by atoms with Gasteiger partial charge in [0, 0.05) is 5.69 Å². The highest BCUT2D eigenvalue weighted by molar-refractivity contribution is 5.26. The zero-order chi connectivity index (χ0) is 14.5. The van der Waals surface area contributed by atoms with Gasteiger partial charge in [-0.2, -0.15) is 0 Å². The summed E-state index contributed by atoms with van der Waals surface area (Å²) in [6, 6.07) is 14.8. The van der Waals surface area contributed by atoms with E-state index in [0.29, 0.717) is 5.92 Å². The molecular formula is C17H23N3. The molecule has 2 rings (SSSR count). The lowest BCUT2D eigenvalue weighted by Gasteiger charge is -2.16. The molecule has 0 spiro atoms. The number of hydrogen-bond acceptors (Lipinski definition) is 3. The molecule has 1 heterocycles. The number of rotatable bonds is 5. The van der Waals surface area contributed by atoms with Gasteiger partial charge in [0.1, 0.15) is 0 Å². The van der Waals surface area contributed by atoms with Crippen molar-refractivity contribution in [1.29, 1.82) is 0 Å². The highest BCUT2D eigenvalue weighted by atomic mass is 15.2. The van der Waals surface area contributed by atoms with Crippen molar-refractivity contribution in [2.24, 2.45) is 5.84 Å². The van der Waals surface area contributed by atoms with Crippen molar-refractivity contribution >= 4 is 0 Å². The van der Waals surface area contributed by atoms with Crippen LogP contribution in [0.25, 0.3) is 0 Å². The van der Waals surface area contributed by atoms with E-state index in [4.69, 9.17) is 5.84 Å². The van der Waals surface area contributed by atoms with Gasteiger partial charge >= 0.3 is 0 Å². The van der Waals surface area contributed by atoms with Crippen LogP contribution in [0.15, 0.2) is 42.5 Å². The molecule has 0 aliphatic heterocycles. The van der Waals surface area contributed by atoms with Crippen molar-refractivity contribution in [1.82, 2.24) is 10.4 Å². The van der Waals surface area contributed by atoms with E-state index in [1.165, 1.54) is 11.1 Å². The first-order valence-electron chi connectivity index (χ1n) is 7.08. The molecule has 3 nitrogen and oxygen atoms in total. The van der Waals surface area contributed by atoms with Gasteiger partial charge in [0.15, 0.2) is 0 Å². The summed E-state index contributed by atoms with van der Waals surface area (Å²) < 4.78 is 0. The van der Waals surface area contributed by atoms with Crippen molar-refractivity contribution in [3.05, 3.63) is 65.0 Å². The third-order valence-electron chi connectivity index (χ3n) is 3.55. The van der Waals surface area contributed by atoms with E-state index >= 15 is 0 Å². The second-order valence-corrected chi connectivity index (χ2v) is 5.52. The molecule has 3 N–H and O–H groups in total. The molecule has 2 aromatic rings. The Hall–Kier alpha value is -1.71. The van der Waals surface area contributed by atoms with E-state index in [0.717, 1.165) is 17.8 Å². The van der Waals surface area contributed by atoms with Crippen LogP contribution in [0.5, 0.6) is 0 Å². The Kier molecular flexibility index (Phi) is 4.88. The molecule has 0 saturated heterocycles. The number of aryl methyl sites for hydroxylation is 1. The Balaban J connectivity index is 2.14. The van der Waals surface area contributed by atoms with E-state index in [1.54, 1.807) is 0 Å². The molecule has 0 fully saturated rings. The third kappa shape index (κ3) is 3.65. The number of nitrogens with one attached hydrogen (secondary N) is 1. The summed E-state index contributed by atoms with van der Waals surface area (Å²) in [6.07, 6.45) is 0.839. The Morgan fingerprint density at radius 1 is 1.10 bits per heavy atom. The second kappa shape index (κ2) is 6.64. The Morgan fingerprint density at radius 2 is 1.80 bits per heavy atom. The minimum Gasteiger partial charge on any atom is -0.271 e. The maximum Gasteiger partial charge on any atom is 0.0672 e. The molecule has 0 radical (unpaired) electrons. The van der Waals surface area contributed by atoms with Crippen LogP contribution in [-0.2, 0) is 6.42 Å². The highest BCUT2D eigenvalue weighted by Gasteiger charge is 2.12. The number of benzene rings is 1. The number of hydrazine groups is 1. The molecule has 0 aliphatic carbocycles.